The second kappa shape index (κ2) is 10.0. The number of nitrogens with zero attached hydrogens (tertiary/aromatic N) is 5. The van der Waals surface area contributed by atoms with Crippen molar-refractivity contribution in [1.82, 2.24) is 14.8 Å². The minimum Gasteiger partial charge on any atom is -0.390 e. The standard InChI is InChI=1S/C25H28ClN5O3/c1-25(2)16-30(23(33)21-8-4-7-20(15-32)29-21)11-12-31(25)24(34)22-27-10-9-18(14-28-22)17-5-3-6-19(26)13-17/h3-8,13-14,18,32H,9-12,15-16H2,1-2H3. The number of pyridine rings is 1. The molecule has 0 bridgehead atoms. The van der Waals surface area contributed by atoms with E-state index in [0.717, 1.165) is 12.0 Å². The Bertz CT molecular complexity index is 1150. The molecule has 0 saturated carbocycles. The van der Waals surface area contributed by atoms with Crippen LogP contribution in [0.5, 0.6) is 0 Å². The molecule has 2 aromatic rings. The Hall–Kier alpha value is -3.10. The second-order valence-electron chi connectivity index (χ2n) is 9.10. The molecule has 1 saturated heterocycles. The van der Waals surface area contributed by atoms with Crippen molar-refractivity contribution in [3.8, 4) is 0 Å². The van der Waals surface area contributed by atoms with Crippen molar-refractivity contribution in [2.45, 2.75) is 38.3 Å². The Labute approximate surface area is 204 Å². The first-order valence-electron chi connectivity index (χ1n) is 11.3. The molecule has 178 valence electrons. The quantitative estimate of drug-likeness (QED) is 0.725. The highest BCUT2D eigenvalue weighted by atomic mass is 35.5. The molecule has 1 N–H and O–H groups in total. The second-order valence-corrected chi connectivity index (χ2v) is 9.54. The number of hydrogen-bond donors (Lipinski definition) is 1. The largest absolute Gasteiger partial charge is 0.390 e. The fraction of sp³-hybridized carbons (Fsp3) is 0.400. The Balaban J connectivity index is 1.45. The van der Waals surface area contributed by atoms with Crippen molar-refractivity contribution in [2.75, 3.05) is 26.2 Å². The first kappa shape index (κ1) is 24.0. The Morgan fingerprint density at radius 2 is 1.94 bits per heavy atom. The fourth-order valence-corrected chi connectivity index (χ4v) is 4.57. The lowest BCUT2D eigenvalue weighted by molar-refractivity contribution is -0.132. The maximum Gasteiger partial charge on any atom is 0.291 e. The molecule has 0 spiro atoms. The number of aromatic nitrogens is 1. The van der Waals surface area contributed by atoms with Crippen molar-refractivity contribution >= 4 is 35.5 Å². The summed E-state index contributed by atoms with van der Waals surface area (Å²) in [6.45, 7) is 5.21. The van der Waals surface area contributed by atoms with Crippen molar-refractivity contribution < 1.29 is 14.7 Å². The van der Waals surface area contributed by atoms with Gasteiger partial charge in [-0.1, -0.05) is 29.8 Å². The number of hydrogen-bond acceptors (Lipinski definition) is 6. The van der Waals surface area contributed by atoms with Crippen LogP contribution in [-0.4, -0.2) is 75.5 Å². The third-order valence-corrected chi connectivity index (χ3v) is 6.40. The van der Waals surface area contributed by atoms with Crippen LogP contribution >= 0.6 is 11.6 Å². The van der Waals surface area contributed by atoms with Gasteiger partial charge in [0.1, 0.15) is 5.69 Å². The molecule has 0 aliphatic carbocycles. The van der Waals surface area contributed by atoms with E-state index in [4.69, 9.17) is 11.6 Å². The minimum absolute atomic E-state index is 0.0393. The summed E-state index contributed by atoms with van der Waals surface area (Å²) < 4.78 is 0. The van der Waals surface area contributed by atoms with Gasteiger partial charge in [0.2, 0.25) is 5.84 Å². The van der Waals surface area contributed by atoms with Gasteiger partial charge in [-0.3, -0.25) is 14.6 Å². The van der Waals surface area contributed by atoms with E-state index in [2.05, 4.69) is 15.0 Å². The molecular formula is C25H28ClN5O3. The van der Waals surface area contributed by atoms with E-state index in [-0.39, 0.29) is 35.9 Å². The van der Waals surface area contributed by atoms with E-state index in [9.17, 15) is 14.7 Å². The average Bonchev–Trinajstić information content (AvgIpc) is 3.09. The molecule has 8 nitrogen and oxygen atoms in total. The van der Waals surface area contributed by atoms with Gasteiger partial charge in [0, 0.05) is 43.3 Å². The smallest absolute Gasteiger partial charge is 0.291 e. The predicted octanol–water partition coefficient (Wildman–Crippen LogP) is 2.95. The van der Waals surface area contributed by atoms with Crippen LogP contribution in [0.4, 0.5) is 0 Å². The molecule has 1 unspecified atom stereocenters. The Kier molecular flexibility index (Phi) is 7.09. The van der Waals surface area contributed by atoms with E-state index < -0.39 is 5.54 Å². The first-order valence-corrected chi connectivity index (χ1v) is 11.7. The van der Waals surface area contributed by atoms with Crippen LogP contribution in [0.2, 0.25) is 5.02 Å². The molecular weight excluding hydrogens is 454 g/mol. The number of amidine groups is 1. The predicted molar refractivity (Wildman–Crippen MR) is 131 cm³/mol. The number of halogens is 1. The van der Waals surface area contributed by atoms with E-state index >= 15 is 0 Å². The zero-order valence-corrected chi connectivity index (χ0v) is 20.1. The van der Waals surface area contributed by atoms with E-state index in [0.29, 0.717) is 36.9 Å². The summed E-state index contributed by atoms with van der Waals surface area (Å²) in [7, 11) is 0. The zero-order chi connectivity index (χ0) is 24.3. The van der Waals surface area contributed by atoms with Gasteiger partial charge in [-0.25, -0.2) is 9.98 Å². The summed E-state index contributed by atoms with van der Waals surface area (Å²) in [4.78, 5) is 42.9. The number of benzene rings is 1. The average molecular weight is 482 g/mol. The van der Waals surface area contributed by atoms with Crippen LogP contribution in [0.25, 0.3) is 0 Å². The van der Waals surface area contributed by atoms with Gasteiger partial charge in [-0.05, 0) is 50.1 Å². The summed E-state index contributed by atoms with van der Waals surface area (Å²) in [5, 5.41) is 9.98. The zero-order valence-electron chi connectivity index (χ0n) is 19.3. The number of aliphatic hydroxyl groups excluding tert-OH is 1. The topological polar surface area (TPSA) is 98.5 Å². The van der Waals surface area contributed by atoms with Gasteiger partial charge < -0.3 is 14.9 Å². The lowest BCUT2D eigenvalue weighted by atomic mass is 9.97. The summed E-state index contributed by atoms with van der Waals surface area (Å²) in [5.74, 6) is -0.225. The van der Waals surface area contributed by atoms with Gasteiger partial charge in [0.15, 0.2) is 0 Å². The van der Waals surface area contributed by atoms with Crippen molar-refractivity contribution in [3.63, 3.8) is 0 Å². The minimum atomic E-state index is -0.615. The number of rotatable bonds is 4. The molecule has 34 heavy (non-hydrogen) atoms. The molecule has 1 aromatic heterocycles. The van der Waals surface area contributed by atoms with Gasteiger partial charge >= 0.3 is 0 Å². The number of aliphatic imine (C=N–C) groups is 2. The molecule has 4 rings (SSSR count). The molecule has 9 heteroatoms. The molecule has 2 aliphatic rings. The van der Waals surface area contributed by atoms with E-state index in [1.54, 1.807) is 34.2 Å². The number of aliphatic hydroxyl groups is 1. The molecule has 0 radical (unpaired) electrons. The van der Waals surface area contributed by atoms with Crippen LogP contribution in [0.15, 0.2) is 52.4 Å². The first-order chi connectivity index (χ1) is 16.3. The van der Waals surface area contributed by atoms with Crippen molar-refractivity contribution in [1.29, 1.82) is 0 Å². The SMILES string of the molecule is CC1(C)CN(C(=O)c2cccc(CO)n2)CCN1C(=O)C1=NCCC(c2cccc(Cl)c2)C=N1. The van der Waals surface area contributed by atoms with E-state index in [1.165, 1.54) is 0 Å². The summed E-state index contributed by atoms with van der Waals surface area (Å²) in [6, 6.07) is 12.7. The lowest BCUT2D eigenvalue weighted by Gasteiger charge is -2.46. The molecule has 1 aromatic carbocycles. The highest BCUT2D eigenvalue weighted by Crippen LogP contribution is 2.25. The number of carbonyl (C=O) groups is 2. The maximum absolute atomic E-state index is 13.4. The Morgan fingerprint density at radius 1 is 1.15 bits per heavy atom. The van der Waals surface area contributed by atoms with Gasteiger partial charge in [0.05, 0.1) is 17.8 Å². The molecule has 1 atom stereocenters. The third-order valence-electron chi connectivity index (χ3n) is 6.17. The van der Waals surface area contributed by atoms with Crippen molar-refractivity contribution in [2.24, 2.45) is 9.98 Å². The monoisotopic (exact) mass is 481 g/mol. The highest BCUT2D eigenvalue weighted by Gasteiger charge is 2.40. The Morgan fingerprint density at radius 3 is 2.68 bits per heavy atom. The normalized spacial score (nSPS) is 20.0. The third kappa shape index (κ3) is 5.18. The van der Waals surface area contributed by atoms with Crippen LogP contribution in [-0.2, 0) is 11.4 Å². The number of carbonyl (C=O) groups excluding carboxylic acids is 2. The summed E-state index contributed by atoms with van der Waals surface area (Å²) >= 11 is 6.13. The van der Waals surface area contributed by atoms with Crippen LogP contribution in [0.1, 0.15) is 47.9 Å². The number of piperazine rings is 1. The van der Waals surface area contributed by atoms with Gasteiger partial charge in [-0.2, -0.15) is 0 Å². The fourth-order valence-electron chi connectivity index (χ4n) is 4.37. The summed E-state index contributed by atoms with van der Waals surface area (Å²) in [5.41, 5.74) is 1.16. The maximum atomic E-state index is 13.4. The number of amides is 2. The van der Waals surface area contributed by atoms with Crippen molar-refractivity contribution in [3.05, 3.63) is 64.4 Å². The van der Waals surface area contributed by atoms with Crippen LogP contribution < -0.4 is 0 Å². The van der Waals surface area contributed by atoms with Gasteiger partial charge in [-0.15, -0.1) is 0 Å². The highest BCUT2D eigenvalue weighted by molar-refractivity contribution is 6.39. The van der Waals surface area contributed by atoms with Crippen LogP contribution in [0.3, 0.4) is 0 Å². The lowest BCUT2D eigenvalue weighted by Crippen LogP contribution is -2.63. The molecule has 3 heterocycles. The van der Waals surface area contributed by atoms with Gasteiger partial charge in [0.25, 0.3) is 11.8 Å². The van der Waals surface area contributed by atoms with E-state index in [1.807, 2.05) is 38.1 Å². The molecule has 1 fully saturated rings. The summed E-state index contributed by atoms with van der Waals surface area (Å²) in [6.07, 6.45) is 2.52. The molecule has 2 aliphatic heterocycles. The molecule has 2 amide bonds. The van der Waals surface area contributed by atoms with Crippen LogP contribution in [0, 0.1) is 0 Å².